The number of carboxylic acid groups (broad SMARTS) is 1. The quantitative estimate of drug-likeness (QED) is 0.823. The largest absolute Gasteiger partial charge is 0.478 e. The second kappa shape index (κ2) is 4.25. The molecule has 1 N–H and O–H groups in total. The van der Waals surface area contributed by atoms with Crippen molar-refractivity contribution < 1.29 is 19.1 Å². The van der Waals surface area contributed by atoms with Crippen LogP contribution in [0.2, 0.25) is 0 Å². The Bertz CT molecular complexity index is 581. The number of hydrogen-bond donors (Lipinski definition) is 1. The second-order valence-corrected chi connectivity index (χ2v) is 3.67. The molecule has 0 atom stereocenters. The summed E-state index contributed by atoms with van der Waals surface area (Å²) in [7, 11) is 0. The highest BCUT2D eigenvalue weighted by Gasteiger charge is 2.14. The molecule has 0 amide bonds. The third-order valence-corrected chi connectivity index (χ3v) is 2.41. The smallest absolute Gasteiger partial charge is 0.336 e. The van der Waals surface area contributed by atoms with Gasteiger partial charge in [0.05, 0.1) is 5.56 Å². The van der Waals surface area contributed by atoms with Gasteiger partial charge in [0, 0.05) is 5.56 Å². The van der Waals surface area contributed by atoms with Crippen LogP contribution in [-0.4, -0.2) is 17.4 Å². The van der Waals surface area contributed by atoms with Crippen LogP contribution < -0.4 is 0 Å². The topological polar surface area (TPSA) is 67.5 Å². The molecule has 0 fully saturated rings. The minimum atomic E-state index is -1.02. The average Bonchev–Trinajstić information content (AvgIpc) is 2.77. The van der Waals surface area contributed by atoms with E-state index in [0.29, 0.717) is 17.6 Å². The molecule has 0 saturated carbocycles. The van der Waals surface area contributed by atoms with E-state index in [-0.39, 0.29) is 11.3 Å². The highest BCUT2D eigenvalue weighted by molar-refractivity contribution is 5.95. The Kier molecular flexibility index (Phi) is 2.78. The fraction of sp³-hybridized carbons (Fsp3) is 0.0769. The van der Waals surface area contributed by atoms with E-state index in [9.17, 15) is 9.59 Å². The lowest BCUT2D eigenvalue weighted by atomic mass is 10.0. The normalized spacial score (nSPS) is 10.2. The molecule has 1 aromatic carbocycles. The molecule has 17 heavy (non-hydrogen) atoms. The summed E-state index contributed by atoms with van der Waals surface area (Å²) in [5.74, 6) is -0.464. The molecule has 2 aromatic rings. The molecule has 4 heteroatoms. The van der Waals surface area contributed by atoms with Crippen LogP contribution in [0.5, 0.6) is 0 Å². The van der Waals surface area contributed by atoms with E-state index < -0.39 is 5.97 Å². The third-order valence-electron chi connectivity index (χ3n) is 2.41. The second-order valence-electron chi connectivity index (χ2n) is 3.67. The number of carbonyl (C=O) groups excluding carboxylic acids is 1. The van der Waals surface area contributed by atoms with E-state index in [1.165, 1.54) is 6.07 Å². The van der Waals surface area contributed by atoms with Gasteiger partial charge in [-0.1, -0.05) is 17.7 Å². The predicted molar refractivity (Wildman–Crippen MR) is 61.2 cm³/mol. The predicted octanol–water partition coefficient (Wildman–Crippen LogP) is 2.77. The van der Waals surface area contributed by atoms with Crippen LogP contribution in [0.3, 0.4) is 0 Å². The highest BCUT2D eigenvalue weighted by Crippen LogP contribution is 2.26. The van der Waals surface area contributed by atoms with Crippen molar-refractivity contribution in [1.82, 2.24) is 0 Å². The number of aldehydes is 1. The van der Waals surface area contributed by atoms with E-state index in [1.807, 2.05) is 6.92 Å². The van der Waals surface area contributed by atoms with Crippen molar-refractivity contribution in [2.45, 2.75) is 6.92 Å². The molecule has 0 spiro atoms. The van der Waals surface area contributed by atoms with E-state index >= 15 is 0 Å². The molecule has 0 aliphatic carbocycles. The van der Waals surface area contributed by atoms with Gasteiger partial charge in [-0.2, -0.15) is 0 Å². The summed E-state index contributed by atoms with van der Waals surface area (Å²) < 4.78 is 5.22. The van der Waals surface area contributed by atoms with Crippen molar-refractivity contribution >= 4 is 12.3 Å². The maximum atomic E-state index is 11.1. The van der Waals surface area contributed by atoms with Gasteiger partial charge < -0.3 is 9.52 Å². The van der Waals surface area contributed by atoms with Crippen LogP contribution in [0.25, 0.3) is 11.3 Å². The minimum absolute atomic E-state index is 0.164. The molecule has 1 heterocycles. The first kappa shape index (κ1) is 11.1. The molecule has 0 radical (unpaired) electrons. The molecule has 86 valence electrons. The van der Waals surface area contributed by atoms with Gasteiger partial charge in [0.25, 0.3) is 0 Å². The number of hydrogen-bond acceptors (Lipinski definition) is 3. The summed E-state index contributed by atoms with van der Waals surface area (Å²) in [6.07, 6.45) is 0.581. The Hall–Kier alpha value is -2.36. The number of rotatable bonds is 3. The first-order valence-corrected chi connectivity index (χ1v) is 5.01. The van der Waals surface area contributed by atoms with Gasteiger partial charge in [-0.15, -0.1) is 0 Å². The molecule has 0 bridgehead atoms. The van der Waals surface area contributed by atoms with Gasteiger partial charge in [0.15, 0.2) is 12.0 Å². The Labute approximate surface area is 97.5 Å². The highest BCUT2D eigenvalue weighted by atomic mass is 16.4. The SMILES string of the molecule is Cc1ccc(-c2ccc(C=O)o2)c(C(=O)O)c1. The third kappa shape index (κ3) is 2.10. The van der Waals surface area contributed by atoms with Crippen LogP contribution in [-0.2, 0) is 0 Å². The Morgan fingerprint density at radius 1 is 1.29 bits per heavy atom. The summed E-state index contributed by atoms with van der Waals surface area (Å²) in [6, 6.07) is 8.13. The standard InChI is InChI=1S/C13H10O4/c1-8-2-4-10(11(6-8)13(15)16)12-5-3-9(7-14)17-12/h2-7H,1H3,(H,15,16). The number of aromatic carboxylic acids is 1. The number of furan rings is 1. The van der Waals surface area contributed by atoms with Crippen molar-refractivity contribution in [1.29, 1.82) is 0 Å². The molecule has 0 saturated heterocycles. The Morgan fingerprint density at radius 2 is 2.06 bits per heavy atom. The molecule has 0 aliphatic rings. The fourth-order valence-corrected chi connectivity index (χ4v) is 1.61. The van der Waals surface area contributed by atoms with Crippen LogP contribution in [0, 0.1) is 6.92 Å². The molecular weight excluding hydrogens is 220 g/mol. The number of benzene rings is 1. The molecular formula is C13H10O4. The Morgan fingerprint density at radius 3 is 2.65 bits per heavy atom. The van der Waals surface area contributed by atoms with E-state index in [2.05, 4.69) is 0 Å². The fourth-order valence-electron chi connectivity index (χ4n) is 1.61. The van der Waals surface area contributed by atoms with Gasteiger partial charge in [0.2, 0.25) is 0 Å². The van der Waals surface area contributed by atoms with Gasteiger partial charge >= 0.3 is 5.97 Å². The van der Waals surface area contributed by atoms with Gasteiger partial charge in [-0.25, -0.2) is 4.79 Å². The number of carbonyl (C=O) groups is 2. The van der Waals surface area contributed by atoms with Crippen LogP contribution in [0.4, 0.5) is 0 Å². The number of aryl methyl sites for hydroxylation is 1. The molecule has 1 aromatic heterocycles. The van der Waals surface area contributed by atoms with Crippen LogP contribution in [0.1, 0.15) is 26.5 Å². The maximum absolute atomic E-state index is 11.1. The first-order valence-electron chi connectivity index (χ1n) is 5.01. The maximum Gasteiger partial charge on any atom is 0.336 e. The van der Waals surface area contributed by atoms with Crippen molar-refractivity contribution in [3.05, 3.63) is 47.2 Å². The van der Waals surface area contributed by atoms with Crippen molar-refractivity contribution in [2.75, 3.05) is 0 Å². The zero-order valence-corrected chi connectivity index (χ0v) is 9.14. The summed E-state index contributed by atoms with van der Waals surface area (Å²) in [5, 5.41) is 9.10. The summed E-state index contributed by atoms with van der Waals surface area (Å²) in [6.45, 7) is 1.81. The summed E-state index contributed by atoms with van der Waals surface area (Å²) >= 11 is 0. The van der Waals surface area contributed by atoms with Gasteiger partial charge in [-0.05, 0) is 25.1 Å². The lowest BCUT2D eigenvalue weighted by Crippen LogP contribution is -1.99. The average molecular weight is 230 g/mol. The van der Waals surface area contributed by atoms with Gasteiger partial charge in [-0.3, -0.25) is 4.79 Å². The Balaban J connectivity index is 2.58. The van der Waals surface area contributed by atoms with Crippen molar-refractivity contribution in [2.24, 2.45) is 0 Å². The monoisotopic (exact) mass is 230 g/mol. The molecule has 4 nitrogen and oxygen atoms in total. The van der Waals surface area contributed by atoms with E-state index in [1.54, 1.807) is 24.3 Å². The van der Waals surface area contributed by atoms with Crippen LogP contribution in [0.15, 0.2) is 34.7 Å². The lowest BCUT2D eigenvalue weighted by Gasteiger charge is -2.04. The zero-order chi connectivity index (χ0) is 12.4. The molecule has 0 unspecified atom stereocenters. The number of carboxylic acids is 1. The first-order chi connectivity index (χ1) is 8.11. The van der Waals surface area contributed by atoms with Crippen molar-refractivity contribution in [3.8, 4) is 11.3 Å². The lowest BCUT2D eigenvalue weighted by molar-refractivity contribution is 0.0697. The van der Waals surface area contributed by atoms with Gasteiger partial charge in [0.1, 0.15) is 5.76 Å². The summed E-state index contributed by atoms with van der Waals surface area (Å²) in [4.78, 5) is 21.6. The summed E-state index contributed by atoms with van der Waals surface area (Å²) in [5.41, 5.74) is 1.49. The minimum Gasteiger partial charge on any atom is -0.478 e. The van der Waals surface area contributed by atoms with E-state index in [0.717, 1.165) is 5.56 Å². The molecule has 2 rings (SSSR count). The van der Waals surface area contributed by atoms with E-state index in [4.69, 9.17) is 9.52 Å². The van der Waals surface area contributed by atoms with Crippen LogP contribution >= 0.6 is 0 Å². The van der Waals surface area contributed by atoms with Crippen molar-refractivity contribution in [3.63, 3.8) is 0 Å². The zero-order valence-electron chi connectivity index (χ0n) is 9.14. The molecule has 0 aliphatic heterocycles.